The smallest absolute Gasteiger partial charge is 0.123 e. The van der Waals surface area contributed by atoms with Gasteiger partial charge in [0.2, 0.25) is 0 Å². The number of likely N-dealkylation sites (tertiary alicyclic amines) is 1. The number of hydrogen-bond donors (Lipinski definition) is 1. The maximum atomic E-state index is 10.4. The van der Waals surface area contributed by atoms with Crippen LogP contribution in [0.15, 0.2) is 48.5 Å². The molecule has 3 rings (SSSR count). The number of phenolic OH excluding ortho intramolecular Hbond substituents is 1. The van der Waals surface area contributed by atoms with E-state index in [0.29, 0.717) is 12.2 Å². The average molecular weight is 334 g/mol. The summed E-state index contributed by atoms with van der Waals surface area (Å²) in [6.07, 6.45) is 3.93. The monoisotopic (exact) mass is 334 g/mol. The first-order valence-corrected chi connectivity index (χ1v) is 9.12. The minimum absolute atomic E-state index is 0.213. The summed E-state index contributed by atoms with van der Waals surface area (Å²) in [5.41, 5.74) is 3.27. The zero-order valence-electron chi connectivity index (χ0n) is 14.9. The second-order valence-electron chi connectivity index (χ2n) is 7.18. The summed E-state index contributed by atoms with van der Waals surface area (Å²) in [7, 11) is 0. The van der Waals surface area contributed by atoms with Gasteiger partial charge in [-0.15, -0.1) is 0 Å². The molecule has 1 aliphatic heterocycles. The van der Waals surface area contributed by atoms with Crippen molar-refractivity contribution in [3.63, 3.8) is 0 Å². The van der Waals surface area contributed by atoms with E-state index >= 15 is 0 Å². The number of nitriles is 1. The molecule has 2 aromatic rings. The van der Waals surface area contributed by atoms with Crippen molar-refractivity contribution >= 4 is 0 Å². The molecule has 1 saturated heterocycles. The van der Waals surface area contributed by atoms with Gasteiger partial charge in [0.25, 0.3) is 0 Å². The predicted molar refractivity (Wildman–Crippen MR) is 101 cm³/mol. The third kappa shape index (κ3) is 4.03. The van der Waals surface area contributed by atoms with Crippen LogP contribution in [0.25, 0.3) is 11.1 Å². The first kappa shape index (κ1) is 17.5. The minimum Gasteiger partial charge on any atom is -0.507 e. The molecule has 0 amide bonds. The van der Waals surface area contributed by atoms with Gasteiger partial charge in [0.1, 0.15) is 5.75 Å². The number of nitrogens with zero attached hydrogens (tertiary/aromatic N) is 2. The van der Waals surface area contributed by atoms with E-state index in [2.05, 4.69) is 24.0 Å². The first-order chi connectivity index (χ1) is 12.2. The second kappa shape index (κ2) is 7.72. The molecule has 0 bridgehead atoms. The number of benzene rings is 2. The van der Waals surface area contributed by atoms with Crippen LogP contribution in [0.5, 0.6) is 5.75 Å². The first-order valence-electron chi connectivity index (χ1n) is 9.12. The molecule has 0 unspecified atom stereocenters. The van der Waals surface area contributed by atoms with Crippen molar-refractivity contribution in [2.45, 2.75) is 39.2 Å². The van der Waals surface area contributed by atoms with Crippen molar-refractivity contribution in [2.24, 2.45) is 5.41 Å². The molecule has 0 radical (unpaired) electrons. The molecule has 0 spiro atoms. The van der Waals surface area contributed by atoms with E-state index in [1.807, 2.05) is 42.5 Å². The fourth-order valence-corrected chi connectivity index (χ4v) is 3.80. The summed E-state index contributed by atoms with van der Waals surface area (Å²) >= 11 is 0. The molecular weight excluding hydrogens is 308 g/mol. The molecule has 25 heavy (non-hydrogen) atoms. The lowest BCUT2D eigenvalue weighted by atomic mass is 9.74. The van der Waals surface area contributed by atoms with Gasteiger partial charge in [0, 0.05) is 18.5 Å². The molecule has 0 aromatic heterocycles. The number of piperidine rings is 1. The molecule has 1 N–H and O–H groups in total. The Balaban J connectivity index is 1.65. The van der Waals surface area contributed by atoms with E-state index < -0.39 is 0 Å². The summed E-state index contributed by atoms with van der Waals surface area (Å²) in [6, 6.07) is 18.4. The van der Waals surface area contributed by atoms with E-state index in [9.17, 15) is 5.11 Å². The summed E-state index contributed by atoms with van der Waals surface area (Å²) in [4.78, 5) is 2.43. The van der Waals surface area contributed by atoms with Crippen LogP contribution >= 0.6 is 0 Å². The van der Waals surface area contributed by atoms with Gasteiger partial charge in [0.15, 0.2) is 0 Å². The molecule has 0 aliphatic carbocycles. The van der Waals surface area contributed by atoms with E-state index in [-0.39, 0.29) is 5.41 Å². The predicted octanol–water partition coefficient (Wildman–Crippen LogP) is 4.97. The van der Waals surface area contributed by atoms with E-state index in [1.54, 1.807) is 0 Å². The van der Waals surface area contributed by atoms with Gasteiger partial charge in [0.05, 0.1) is 6.07 Å². The minimum atomic E-state index is 0.213. The Kier molecular flexibility index (Phi) is 5.40. The Hall–Kier alpha value is -2.31. The Bertz CT molecular complexity index is 740. The highest BCUT2D eigenvalue weighted by molar-refractivity contribution is 5.70. The lowest BCUT2D eigenvalue weighted by molar-refractivity contribution is 0.0979. The van der Waals surface area contributed by atoms with Crippen molar-refractivity contribution in [3.05, 3.63) is 54.1 Å². The SMILES string of the molecule is CCC1(CC#N)CCN(Cc2ccc(-c3ccccc3)c(O)c2)CC1. The molecule has 130 valence electrons. The molecule has 1 fully saturated rings. The van der Waals surface area contributed by atoms with Crippen molar-refractivity contribution in [1.82, 2.24) is 4.90 Å². The average Bonchev–Trinajstić information content (AvgIpc) is 2.64. The zero-order chi connectivity index (χ0) is 17.7. The van der Waals surface area contributed by atoms with Crippen molar-refractivity contribution < 1.29 is 5.11 Å². The standard InChI is InChI=1S/C22H26N2O/c1-2-22(10-13-23)11-14-24(15-12-22)17-18-8-9-20(21(25)16-18)19-6-4-3-5-7-19/h3-9,16,25H,2,10-12,14-15,17H2,1H3. The van der Waals surface area contributed by atoms with Gasteiger partial charge in [-0.1, -0.05) is 49.4 Å². The van der Waals surface area contributed by atoms with Crippen molar-refractivity contribution in [2.75, 3.05) is 13.1 Å². The molecule has 3 heteroatoms. The largest absolute Gasteiger partial charge is 0.507 e. The van der Waals surface area contributed by atoms with Crippen LogP contribution in [0.4, 0.5) is 0 Å². The topological polar surface area (TPSA) is 47.3 Å². The van der Waals surface area contributed by atoms with Gasteiger partial charge in [-0.3, -0.25) is 4.90 Å². The highest BCUT2D eigenvalue weighted by atomic mass is 16.3. The number of rotatable bonds is 5. The molecule has 0 atom stereocenters. The van der Waals surface area contributed by atoms with Gasteiger partial charge in [-0.05, 0) is 55.0 Å². The van der Waals surface area contributed by atoms with Crippen LogP contribution in [-0.4, -0.2) is 23.1 Å². The highest BCUT2D eigenvalue weighted by Gasteiger charge is 2.32. The molecule has 2 aromatic carbocycles. The van der Waals surface area contributed by atoms with Crippen LogP contribution in [0.1, 0.15) is 38.2 Å². The Morgan fingerprint density at radius 3 is 2.44 bits per heavy atom. The quantitative estimate of drug-likeness (QED) is 0.840. The lowest BCUT2D eigenvalue weighted by Gasteiger charge is -2.40. The van der Waals surface area contributed by atoms with Crippen LogP contribution in [0, 0.1) is 16.7 Å². The lowest BCUT2D eigenvalue weighted by Crippen LogP contribution is -2.39. The molecule has 1 heterocycles. The Morgan fingerprint density at radius 1 is 1.12 bits per heavy atom. The van der Waals surface area contributed by atoms with Gasteiger partial charge in [-0.2, -0.15) is 5.26 Å². The van der Waals surface area contributed by atoms with E-state index in [1.165, 1.54) is 0 Å². The number of hydrogen-bond acceptors (Lipinski definition) is 3. The summed E-state index contributed by atoms with van der Waals surface area (Å²) in [6.45, 7) is 5.11. The van der Waals surface area contributed by atoms with Crippen LogP contribution in [-0.2, 0) is 6.54 Å². The van der Waals surface area contributed by atoms with Crippen LogP contribution in [0.2, 0.25) is 0 Å². The molecule has 1 aliphatic rings. The number of aromatic hydroxyl groups is 1. The van der Waals surface area contributed by atoms with E-state index in [0.717, 1.165) is 55.6 Å². The number of phenols is 1. The zero-order valence-corrected chi connectivity index (χ0v) is 14.9. The third-order valence-corrected chi connectivity index (χ3v) is 5.67. The van der Waals surface area contributed by atoms with Gasteiger partial charge < -0.3 is 5.11 Å². The Labute approximate surface area is 150 Å². The maximum Gasteiger partial charge on any atom is 0.123 e. The fourth-order valence-electron chi connectivity index (χ4n) is 3.80. The van der Waals surface area contributed by atoms with Crippen molar-refractivity contribution in [3.8, 4) is 22.9 Å². The fraction of sp³-hybridized carbons (Fsp3) is 0.409. The maximum absolute atomic E-state index is 10.4. The normalized spacial score (nSPS) is 17.1. The second-order valence-corrected chi connectivity index (χ2v) is 7.18. The third-order valence-electron chi connectivity index (χ3n) is 5.67. The van der Waals surface area contributed by atoms with Gasteiger partial charge in [-0.25, -0.2) is 0 Å². The summed E-state index contributed by atoms with van der Waals surface area (Å²) < 4.78 is 0. The van der Waals surface area contributed by atoms with Crippen LogP contribution < -0.4 is 0 Å². The molecule has 0 saturated carbocycles. The van der Waals surface area contributed by atoms with E-state index in [4.69, 9.17) is 5.26 Å². The summed E-state index contributed by atoms with van der Waals surface area (Å²) in [5, 5.41) is 19.5. The Morgan fingerprint density at radius 2 is 1.84 bits per heavy atom. The molecule has 3 nitrogen and oxygen atoms in total. The molecular formula is C22H26N2O. The van der Waals surface area contributed by atoms with Gasteiger partial charge >= 0.3 is 0 Å². The van der Waals surface area contributed by atoms with Crippen molar-refractivity contribution in [1.29, 1.82) is 5.26 Å². The summed E-state index contributed by atoms with van der Waals surface area (Å²) in [5.74, 6) is 0.341. The highest BCUT2D eigenvalue weighted by Crippen LogP contribution is 2.38. The van der Waals surface area contributed by atoms with Crippen LogP contribution in [0.3, 0.4) is 0 Å².